The van der Waals surface area contributed by atoms with Crippen molar-refractivity contribution in [3.8, 4) is 0 Å². The van der Waals surface area contributed by atoms with E-state index >= 15 is 0 Å². The lowest BCUT2D eigenvalue weighted by molar-refractivity contribution is 0.112. The lowest BCUT2D eigenvalue weighted by Gasteiger charge is -1.98. The smallest absolute Gasteiger partial charge is 0.153 e. The third-order valence-electron chi connectivity index (χ3n) is 1.24. The van der Waals surface area contributed by atoms with Crippen LogP contribution in [0.15, 0.2) is 6.07 Å². The van der Waals surface area contributed by atoms with Crippen LogP contribution in [0.25, 0.3) is 0 Å². The van der Waals surface area contributed by atoms with Crippen molar-refractivity contribution in [1.29, 1.82) is 0 Å². The molecule has 1 heterocycles. The Morgan fingerprint density at radius 2 is 1.50 bits per heavy atom. The second-order valence-corrected chi connectivity index (χ2v) is 2.70. The van der Waals surface area contributed by atoms with Gasteiger partial charge in [-0.1, -0.05) is 23.2 Å². The molecule has 0 aliphatic heterocycles. The number of nitrogens with zero attached hydrogens (tertiary/aromatic N) is 1. The van der Waals surface area contributed by atoms with E-state index in [4.69, 9.17) is 23.2 Å². The Labute approximate surface area is 78.3 Å². The van der Waals surface area contributed by atoms with Crippen LogP contribution < -0.4 is 0 Å². The molecule has 0 spiro atoms. The first kappa shape index (κ1) is 9.16. The standard InChI is InChI=1S/C7H3Cl2NO2/c8-6-4(2-11)1-5(3-12)7(9)10-6/h1-3H. The molecule has 0 unspecified atom stereocenters. The Balaban J connectivity index is 3.36. The summed E-state index contributed by atoms with van der Waals surface area (Å²) in [5.74, 6) is 0. The average Bonchev–Trinajstić information content (AvgIpc) is 2.05. The minimum Gasteiger partial charge on any atom is -0.298 e. The van der Waals surface area contributed by atoms with E-state index in [0.29, 0.717) is 12.6 Å². The fourth-order valence-corrected chi connectivity index (χ4v) is 1.08. The molecule has 0 aliphatic rings. The zero-order valence-electron chi connectivity index (χ0n) is 5.75. The van der Waals surface area contributed by atoms with Crippen molar-refractivity contribution in [1.82, 2.24) is 4.98 Å². The molecular weight excluding hydrogens is 201 g/mol. The van der Waals surface area contributed by atoms with Gasteiger partial charge < -0.3 is 0 Å². The molecule has 1 aromatic rings. The maximum absolute atomic E-state index is 10.3. The fourth-order valence-electron chi connectivity index (χ4n) is 0.667. The molecule has 0 fully saturated rings. The third kappa shape index (κ3) is 1.62. The first-order valence-corrected chi connectivity index (χ1v) is 3.71. The number of hydrogen-bond donors (Lipinski definition) is 0. The summed E-state index contributed by atoms with van der Waals surface area (Å²) in [6.07, 6.45) is 1.03. The second-order valence-electron chi connectivity index (χ2n) is 1.98. The topological polar surface area (TPSA) is 47.0 Å². The molecule has 0 N–H and O–H groups in total. The predicted molar refractivity (Wildman–Crippen MR) is 45.0 cm³/mol. The van der Waals surface area contributed by atoms with Crippen LogP contribution >= 0.6 is 23.2 Å². The molecule has 0 aromatic carbocycles. The van der Waals surface area contributed by atoms with Gasteiger partial charge in [0.1, 0.15) is 10.3 Å². The summed E-state index contributed by atoms with van der Waals surface area (Å²) in [6, 6.07) is 1.29. The Hall–Kier alpha value is -0.930. The molecule has 0 amide bonds. The average molecular weight is 204 g/mol. The minimum absolute atomic E-state index is 0.000556. The van der Waals surface area contributed by atoms with Gasteiger partial charge in [-0.05, 0) is 6.07 Å². The zero-order valence-corrected chi connectivity index (χ0v) is 7.26. The van der Waals surface area contributed by atoms with Crippen LogP contribution in [0.4, 0.5) is 0 Å². The number of halogens is 2. The maximum atomic E-state index is 10.3. The van der Waals surface area contributed by atoms with Crippen LogP contribution in [0, 0.1) is 0 Å². The second kappa shape index (κ2) is 3.65. The van der Waals surface area contributed by atoms with E-state index in [0.717, 1.165) is 0 Å². The van der Waals surface area contributed by atoms with E-state index < -0.39 is 0 Å². The largest absolute Gasteiger partial charge is 0.298 e. The minimum atomic E-state index is 0.000556. The van der Waals surface area contributed by atoms with Gasteiger partial charge in [-0.2, -0.15) is 0 Å². The van der Waals surface area contributed by atoms with Gasteiger partial charge in [0.2, 0.25) is 0 Å². The molecule has 0 atom stereocenters. The van der Waals surface area contributed by atoms with Crippen LogP contribution in [0.1, 0.15) is 20.7 Å². The van der Waals surface area contributed by atoms with E-state index in [1.165, 1.54) is 6.07 Å². The summed E-state index contributed by atoms with van der Waals surface area (Å²) in [5, 5.41) is 0.00111. The Kier molecular flexibility index (Phi) is 2.78. The fraction of sp³-hybridized carbons (Fsp3) is 0. The van der Waals surface area contributed by atoms with Crippen molar-refractivity contribution in [2.45, 2.75) is 0 Å². The predicted octanol–water partition coefficient (Wildman–Crippen LogP) is 2.01. The number of carbonyl (C=O) groups is 2. The van der Waals surface area contributed by atoms with E-state index in [-0.39, 0.29) is 21.4 Å². The van der Waals surface area contributed by atoms with Crippen molar-refractivity contribution >= 4 is 35.8 Å². The van der Waals surface area contributed by atoms with E-state index in [1.807, 2.05) is 0 Å². The zero-order chi connectivity index (χ0) is 9.14. The molecule has 5 heteroatoms. The monoisotopic (exact) mass is 203 g/mol. The maximum Gasteiger partial charge on any atom is 0.153 e. The molecule has 0 radical (unpaired) electrons. The summed E-state index contributed by atoms with van der Waals surface area (Å²) in [6.45, 7) is 0. The van der Waals surface area contributed by atoms with Crippen LogP contribution in [0.5, 0.6) is 0 Å². The van der Waals surface area contributed by atoms with Crippen molar-refractivity contribution < 1.29 is 9.59 Å². The Morgan fingerprint density at radius 3 is 1.83 bits per heavy atom. The van der Waals surface area contributed by atoms with Gasteiger partial charge in [0, 0.05) is 0 Å². The van der Waals surface area contributed by atoms with Crippen molar-refractivity contribution in [3.05, 3.63) is 27.5 Å². The van der Waals surface area contributed by atoms with Crippen LogP contribution in [0.3, 0.4) is 0 Å². The normalized spacial score (nSPS) is 9.50. The molecule has 0 aliphatic carbocycles. The first-order valence-electron chi connectivity index (χ1n) is 2.95. The Morgan fingerprint density at radius 1 is 1.08 bits per heavy atom. The summed E-state index contributed by atoms with van der Waals surface area (Å²) in [4.78, 5) is 24.2. The quantitative estimate of drug-likeness (QED) is 0.546. The molecule has 0 saturated carbocycles. The van der Waals surface area contributed by atoms with Crippen LogP contribution in [0.2, 0.25) is 10.3 Å². The van der Waals surface area contributed by atoms with Gasteiger partial charge in [-0.3, -0.25) is 9.59 Å². The highest BCUT2D eigenvalue weighted by Gasteiger charge is 2.06. The number of rotatable bonds is 2. The SMILES string of the molecule is O=Cc1cc(C=O)c(Cl)nc1Cl. The Bertz CT molecular complexity index is 309. The first-order chi connectivity index (χ1) is 5.69. The summed E-state index contributed by atoms with van der Waals surface area (Å²) >= 11 is 11.0. The van der Waals surface area contributed by atoms with Gasteiger partial charge in [0.25, 0.3) is 0 Å². The van der Waals surface area contributed by atoms with Gasteiger partial charge in [-0.15, -0.1) is 0 Å². The number of carbonyl (C=O) groups excluding carboxylic acids is 2. The lowest BCUT2D eigenvalue weighted by Crippen LogP contribution is -1.92. The molecule has 3 nitrogen and oxygen atoms in total. The van der Waals surface area contributed by atoms with Crippen molar-refractivity contribution in [2.75, 3.05) is 0 Å². The van der Waals surface area contributed by atoms with Crippen molar-refractivity contribution in [3.63, 3.8) is 0 Å². The van der Waals surface area contributed by atoms with Gasteiger partial charge in [0.05, 0.1) is 11.1 Å². The van der Waals surface area contributed by atoms with E-state index in [2.05, 4.69) is 4.98 Å². The third-order valence-corrected chi connectivity index (χ3v) is 1.84. The van der Waals surface area contributed by atoms with E-state index in [9.17, 15) is 9.59 Å². The van der Waals surface area contributed by atoms with Crippen LogP contribution in [-0.2, 0) is 0 Å². The number of pyridine rings is 1. The highest BCUT2D eigenvalue weighted by Crippen LogP contribution is 2.18. The molecular formula is C7H3Cl2NO2. The molecule has 0 bridgehead atoms. The highest BCUT2D eigenvalue weighted by atomic mass is 35.5. The number of aromatic nitrogens is 1. The highest BCUT2D eigenvalue weighted by molar-refractivity contribution is 6.35. The van der Waals surface area contributed by atoms with Gasteiger partial charge in [-0.25, -0.2) is 4.98 Å². The number of aldehydes is 2. The summed E-state index contributed by atoms with van der Waals surface area (Å²) in [7, 11) is 0. The van der Waals surface area contributed by atoms with Gasteiger partial charge >= 0.3 is 0 Å². The molecule has 62 valence electrons. The molecule has 0 saturated heterocycles. The van der Waals surface area contributed by atoms with Crippen molar-refractivity contribution in [2.24, 2.45) is 0 Å². The lowest BCUT2D eigenvalue weighted by atomic mass is 10.2. The van der Waals surface area contributed by atoms with E-state index in [1.54, 1.807) is 0 Å². The summed E-state index contributed by atoms with van der Waals surface area (Å²) in [5.41, 5.74) is 0.311. The molecule has 1 aromatic heterocycles. The number of hydrogen-bond acceptors (Lipinski definition) is 3. The van der Waals surface area contributed by atoms with Gasteiger partial charge in [0.15, 0.2) is 12.6 Å². The molecule has 1 rings (SSSR count). The van der Waals surface area contributed by atoms with Crippen LogP contribution in [-0.4, -0.2) is 17.6 Å². The molecule has 12 heavy (non-hydrogen) atoms. The summed E-state index contributed by atoms with van der Waals surface area (Å²) < 4.78 is 0.